The van der Waals surface area contributed by atoms with Crippen molar-refractivity contribution in [3.05, 3.63) is 39.8 Å². The van der Waals surface area contributed by atoms with Gasteiger partial charge in [-0.25, -0.2) is 4.98 Å². The van der Waals surface area contributed by atoms with E-state index >= 15 is 0 Å². The van der Waals surface area contributed by atoms with Gasteiger partial charge in [0.1, 0.15) is 5.65 Å². The minimum absolute atomic E-state index is 0.0101. The number of hydrogen-bond acceptors (Lipinski definition) is 4. The van der Waals surface area contributed by atoms with Gasteiger partial charge in [0.15, 0.2) is 0 Å². The van der Waals surface area contributed by atoms with Gasteiger partial charge in [0.2, 0.25) is 0 Å². The van der Waals surface area contributed by atoms with Crippen molar-refractivity contribution in [1.29, 1.82) is 5.26 Å². The van der Waals surface area contributed by atoms with E-state index in [1.165, 1.54) is 12.3 Å². The molecule has 0 spiro atoms. The molecule has 80 valence electrons. The number of nitrogens with zero attached hydrogens (tertiary/aromatic N) is 4. The van der Waals surface area contributed by atoms with E-state index in [1.807, 2.05) is 6.07 Å². The molecule has 0 amide bonds. The molecule has 6 heteroatoms. The van der Waals surface area contributed by atoms with Crippen molar-refractivity contribution in [2.75, 3.05) is 0 Å². The number of aromatic nitrogens is 2. The average molecular weight is 216 g/mol. The lowest BCUT2D eigenvalue weighted by molar-refractivity contribution is -0.385. The first-order valence-corrected chi connectivity index (χ1v) is 4.62. The third kappa shape index (κ3) is 1.48. The summed E-state index contributed by atoms with van der Waals surface area (Å²) in [6, 6.07) is 5.00. The number of imidazole rings is 1. The molecule has 0 aromatic carbocycles. The van der Waals surface area contributed by atoms with Crippen molar-refractivity contribution in [3.63, 3.8) is 0 Å². The molecule has 0 radical (unpaired) electrons. The highest BCUT2D eigenvalue weighted by Crippen LogP contribution is 2.17. The van der Waals surface area contributed by atoms with Crippen LogP contribution in [-0.2, 0) is 6.42 Å². The van der Waals surface area contributed by atoms with Gasteiger partial charge in [-0.1, -0.05) is 0 Å². The van der Waals surface area contributed by atoms with Crippen LogP contribution in [0.4, 0.5) is 5.69 Å². The Morgan fingerprint density at radius 1 is 1.62 bits per heavy atom. The second-order valence-corrected chi connectivity index (χ2v) is 3.35. The fraction of sp³-hybridized carbons (Fsp3) is 0.200. The number of aryl methyl sites for hydroxylation is 1. The SMILES string of the molecule is Cc1nc2ccc([N+](=O)[O-])cn2c1CC#N. The fourth-order valence-corrected chi connectivity index (χ4v) is 1.60. The molecular formula is C10H8N4O2. The zero-order valence-corrected chi connectivity index (χ0v) is 8.54. The molecule has 2 heterocycles. The average Bonchev–Trinajstić information content (AvgIpc) is 2.55. The second-order valence-electron chi connectivity index (χ2n) is 3.35. The molecule has 6 nitrogen and oxygen atoms in total. The maximum Gasteiger partial charge on any atom is 0.286 e. The minimum atomic E-state index is -0.467. The Morgan fingerprint density at radius 2 is 2.38 bits per heavy atom. The topological polar surface area (TPSA) is 84.2 Å². The molecule has 0 aliphatic rings. The van der Waals surface area contributed by atoms with E-state index in [1.54, 1.807) is 17.4 Å². The summed E-state index contributed by atoms with van der Waals surface area (Å²) in [4.78, 5) is 14.4. The Hall–Kier alpha value is -2.42. The van der Waals surface area contributed by atoms with Gasteiger partial charge in [0.25, 0.3) is 5.69 Å². The summed E-state index contributed by atoms with van der Waals surface area (Å²) in [6.45, 7) is 1.78. The lowest BCUT2D eigenvalue weighted by atomic mass is 10.3. The fourth-order valence-electron chi connectivity index (χ4n) is 1.60. The predicted molar refractivity (Wildman–Crippen MR) is 55.9 cm³/mol. The molecule has 0 atom stereocenters. The van der Waals surface area contributed by atoms with Crippen LogP contribution in [0.1, 0.15) is 11.4 Å². The molecule has 2 aromatic rings. The number of rotatable bonds is 2. The van der Waals surface area contributed by atoms with Crippen LogP contribution in [0.2, 0.25) is 0 Å². The van der Waals surface area contributed by atoms with Gasteiger partial charge in [0.05, 0.1) is 35.0 Å². The van der Waals surface area contributed by atoms with Crippen molar-refractivity contribution >= 4 is 11.3 Å². The first-order chi connectivity index (χ1) is 7.63. The van der Waals surface area contributed by atoms with Gasteiger partial charge in [-0.3, -0.25) is 14.5 Å². The molecule has 0 aliphatic heterocycles. The summed E-state index contributed by atoms with van der Waals surface area (Å²) < 4.78 is 1.59. The highest BCUT2D eigenvalue weighted by Gasteiger charge is 2.12. The third-order valence-electron chi connectivity index (χ3n) is 2.36. The van der Waals surface area contributed by atoms with E-state index in [9.17, 15) is 10.1 Å². The van der Waals surface area contributed by atoms with Crippen LogP contribution in [0.15, 0.2) is 18.3 Å². The summed E-state index contributed by atoms with van der Waals surface area (Å²) in [5.41, 5.74) is 2.03. The lowest BCUT2D eigenvalue weighted by Crippen LogP contribution is -1.96. The standard InChI is InChI=1S/C10H8N4O2/c1-7-9(4-5-11)13-6-8(14(15)16)2-3-10(13)12-7/h2-3,6H,4H2,1H3. The van der Waals surface area contributed by atoms with Crippen molar-refractivity contribution in [2.45, 2.75) is 13.3 Å². The molecule has 2 aromatic heterocycles. The molecule has 2 rings (SSSR count). The van der Waals surface area contributed by atoms with Crippen LogP contribution in [0.3, 0.4) is 0 Å². The van der Waals surface area contributed by atoms with Gasteiger partial charge in [-0.15, -0.1) is 0 Å². The van der Waals surface area contributed by atoms with Crippen LogP contribution < -0.4 is 0 Å². The zero-order valence-electron chi connectivity index (χ0n) is 8.54. The highest BCUT2D eigenvalue weighted by molar-refractivity contribution is 5.48. The largest absolute Gasteiger partial charge is 0.296 e. The summed E-state index contributed by atoms with van der Waals surface area (Å²) >= 11 is 0. The normalized spacial score (nSPS) is 10.2. The molecular weight excluding hydrogens is 208 g/mol. The van der Waals surface area contributed by atoms with E-state index in [-0.39, 0.29) is 12.1 Å². The lowest BCUT2D eigenvalue weighted by Gasteiger charge is -1.97. The Bertz CT molecular complexity index is 609. The molecule has 0 aliphatic carbocycles. The Morgan fingerprint density at radius 3 is 3.00 bits per heavy atom. The monoisotopic (exact) mass is 216 g/mol. The first kappa shape index (κ1) is 10.1. The van der Waals surface area contributed by atoms with E-state index in [2.05, 4.69) is 4.98 Å². The number of hydrogen-bond donors (Lipinski definition) is 0. The van der Waals surface area contributed by atoms with Gasteiger partial charge in [-0.05, 0) is 13.0 Å². The number of fused-ring (bicyclic) bond motifs is 1. The van der Waals surface area contributed by atoms with Gasteiger partial charge in [0, 0.05) is 6.07 Å². The third-order valence-corrected chi connectivity index (χ3v) is 2.36. The molecule has 0 unspecified atom stereocenters. The van der Waals surface area contributed by atoms with Crippen molar-refractivity contribution < 1.29 is 4.92 Å². The summed E-state index contributed by atoms with van der Waals surface area (Å²) in [7, 11) is 0. The second kappa shape index (κ2) is 3.62. The first-order valence-electron chi connectivity index (χ1n) is 4.62. The number of pyridine rings is 1. The van der Waals surface area contributed by atoms with Crippen molar-refractivity contribution in [2.24, 2.45) is 0 Å². The Labute approximate surface area is 90.9 Å². The molecule has 0 N–H and O–H groups in total. The number of nitriles is 1. The molecule has 16 heavy (non-hydrogen) atoms. The van der Waals surface area contributed by atoms with Gasteiger partial charge < -0.3 is 0 Å². The van der Waals surface area contributed by atoms with E-state index in [0.717, 1.165) is 5.69 Å². The summed E-state index contributed by atoms with van der Waals surface area (Å²) in [6.07, 6.45) is 1.58. The predicted octanol–water partition coefficient (Wildman–Crippen LogP) is 1.62. The quantitative estimate of drug-likeness (QED) is 0.564. The Balaban J connectivity index is 2.70. The number of nitro groups is 1. The van der Waals surface area contributed by atoms with E-state index in [4.69, 9.17) is 5.26 Å². The van der Waals surface area contributed by atoms with Crippen LogP contribution in [0.25, 0.3) is 5.65 Å². The van der Waals surface area contributed by atoms with E-state index in [0.29, 0.717) is 11.3 Å². The maximum atomic E-state index is 10.6. The van der Waals surface area contributed by atoms with Gasteiger partial charge in [-0.2, -0.15) is 5.26 Å². The smallest absolute Gasteiger partial charge is 0.286 e. The van der Waals surface area contributed by atoms with Gasteiger partial charge >= 0.3 is 0 Å². The summed E-state index contributed by atoms with van der Waals surface area (Å²) in [5.74, 6) is 0. The van der Waals surface area contributed by atoms with Crippen LogP contribution >= 0.6 is 0 Å². The van der Waals surface area contributed by atoms with Crippen molar-refractivity contribution in [1.82, 2.24) is 9.38 Å². The molecule has 0 fully saturated rings. The van der Waals surface area contributed by atoms with Crippen LogP contribution in [0.5, 0.6) is 0 Å². The van der Waals surface area contributed by atoms with E-state index < -0.39 is 4.92 Å². The molecule has 0 bridgehead atoms. The zero-order chi connectivity index (χ0) is 11.7. The van der Waals surface area contributed by atoms with Crippen LogP contribution in [-0.4, -0.2) is 14.3 Å². The maximum absolute atomic E-state index is 10.6. The minimum Gasteiger partial charge on any atom is -0.296 e. The Kier molecular flexibility index (Phi) is 2.29. The molecule has 0 saturated carbocycles. The molecule has 0 saturated heterocycles. The highest BCUT2D eigenvalue weighted by atomic mass is 16.6. The van der Waals surface area contributed by atoms with Crippen molar-refractivity contribution in [3.8, 4) is 6.07 Å². The van der Waals surface area contributed by atoms with Crippen LogP contribution in [0, 0.1) is 28.4 Å². The summed E-state index contributed by atoms with van der Waals surface area (Å²) in [5, 5.41) is 19.3.